The zero-order valence-corrected chi connectivity index (χ0v) is 15.0. The first-order valence-corrected chi connectivity index (χ1v) is 8.61. The van der Waals surface area contributed by atoms with Crippen LogP contribution in [0.1, 0.15) is 0 Å². The molecular formula is C13H19BrN2O5S. The molecule has 7 nitrogen and oxygen atoms in total. The Morgan fingerprint density at radius 2 is 2.05 bits per heavy atom. The van der Waals surface area contributed by atoms with E-state index in [2.05, 4.69) is 21.2 Å². The normalized spacial score (nSPS) is 11.5. The van der Waals surface area contributed by atoms with Crippen molar-refractivity contribution in [3.8, 4) is 5.75 Å². The lowest BCUT2D eigenvalue weighted by Gasteiger charge is -2.17. The highest BCUT2D eigenvalue weighted by atomic mass is 79.9. The summed E-state index contributed by atoms with van der Waals surface area (Å²) < 4.78 is 36.2. The smallest absolute Gasteiger partial charge is 0.243 e. The average Bonchev–Trinajstić information content (AvgIpc) is 2.47. The quantitative estimate of drug-likeness (QED) is 0.660. The Hall–Kier alpha value is -1.16. The topological polar surface area (TPSA) is 84.9 Å². The maximum atomic E-state index is 12.4. The molecule has 0 unspecified atom stereocenters. The van der Waals surface area contributed by atoms with E-state index in [1.54, 1.807) is 6.07 Å². The third-order valence-electron chi connectivity index (χ3n) is 2.83. The minimum atomic E-state index is -3.76. The van der Waals surface area contributed by atoms with Gasteiger partial charge in [0.25, 0.3) is 0 Å². The predicted molar refractivity (Wildman–Crippen MR) is 85.4 cm³/mol. The number of carbonyl (C=O) groups excluding carboxylic acids is 1. The molecule has 0 aliphatic rings. The molecule has 0 bridgehead atoms. The number of amides is 1. The molecule has 1 rings (SSSR count). The molecule has 0 spiro atoms. The van der Waals surface area contributed by atoms with E-state index < -0.39 is 15.9 Å². The Morgan fingerprint density at radius 3 is 2.59 bits per heavy atom. The van der Waals surface area contributed by atoms with Gasteiger partial charge in [0.1, 0.15) is 5.75 Å². The lowest BCUT2D eigenvalue weighted by Crippen LogP contribution is -2.39. The molecule has 1 amide bonds. The Kier molecular flexibility index (Phi) is 7.27. The van der Waals surface area contributed by atoms with Crippen LogP contribution in [0.25, 0.3) is 0 Å². The summed E-state index contributed by atoms with van der Waals surface area (Å²) in [5, 5.41) is 2.57. The Balaban J connectivity index is 2.80. The van der Waals surface area contributed by atoms with E-state index in [1.165, 1.54) is 33.4 Å². The largest absolute Gasteiger partial charge is 0.496 e. The number of ether oxygens (including phenoxy) is 2. The van der Waals surface area contributed by atoms with E-state index in [4.69, 9.17) is 9.47 Å². The number of nitrogens with one attached hydrogen (secondary N) is 1. The predicted octanol–water partition coefficient (Wildman–Crippen LogP) is 0.841. The number of hydrogen-bond donors (Lipinski definition) is 1. The molecule has 0 aliphatic carbocycles. The number of benzene rings is 1. The van der Waals surface area contributed by atoms with E-state index in [9.17, 15) is 13.2 Å². The van der Waals surface area contributed by atoms with Crippen molar-refractivity contribution in [2.75, 3.05) is 41.0 Å². The van der Waals surface area contributed by atoms with Crippen LogP contribution in [-0.4, -0.2) is 59.6 Å². The van der Waals surface area contributed by atoms with Crippen LogP contribution in [-0.2, 0) is 19.6 Å². The number of nitrogens with zero attached hydrogens (tertiary/aromatic N) is 1. The van der Waals surface area contributed by atoms with Gasteiger partial charge >= 0.3 is 0 Å². The van der Waals surface area contributed by atoms with Gasteiger partial charge in [0.15, 0.2) is 0 Å². The van der Waals surface area contributed by atoms with Crippen molar-refractivity contribution in [1.82, 2.24) is 9.62 Å². The van der Waals surface area contributed by atoms with Crippen LogP contribution in [0.3, 0.4) is 0 Å². The van der Waals surface area contributed by atoms with Gasteiger partial charge in [0.2, 0.25) is 15.9 Å². The van der Waals surface area contributed by atoms with Crippen molar-refractivity contribution in [3.05, 3.63) is 22.7 Å². The van der Waals surface area contributed by atoms with Crippen molar-refractivity contribution in [2.24, 2.45) is 0 Å². The van der Waals surface area contributed by atoms with Crippen LogP contribution < -0.4 is 10.1 Å². The SMILES string of the molecule is COCCNC(=O)CN(C)S(=O)(=O)c1ccc(OC)c(Br)c1. The lowest BCUT2D eigenvalue weighted by molar-refractivity contribution is -0.121. The fraction of sp³-hybridized carbons (Fsp3) is 0.462. The van der Waals surface area contributed by atoms with Crippen LogP contribution >= 0.6 is 15.9 Å². The van der Waals surface area contributed by atoms with E-state index >= 15 is 0 Å². The third-order valence-corrected chi connectivity index (χ3v) is 5.25. The number of rotatable bonds is 8. The molecule has 0 radical (unpaired) electrons. The van der Waals surface area contributed by atoms with Crippen LogP contribution in [0.4, 0.5) is 0 Å². The van der Waals surface area contributed by atoms with Crippen molar-refractivity contribution < 1.29 is 22.7 Å². The molecule has 0 fully saturated rings. The second-order valence-corrected chi connectivity index (χ2v) is 7.30. The second-order valence-electron chi connectivity index (χ2n) is 4.40. The van der Waals surface area contributed by atoms with Crippen molar-refractivity contribution in [3.63, 3.8) is 0 Å². The molecule has 1 aromatic rings. The van der Waals surface area contributed by atoms with Crippen LogP contribution in [0.2, 0.25) is 0 Å². The van der Waals surface area contributed by atoms with E-state index in [1.807, 2.05) is 0 Å². The molecule has 1 aromatic carbocycles. The molecule has 0 saturated heterocycles. The number of carbonyl (C=O) groups is 1. The van der Waals surface area contributed by atoms with Crippen LogP contribution in [0, 0.1) is 0 Å². The first kappa shape index (κ1) is 18.9. The maximum Gasteiger partial charge on any atom is 0.243 e. The highest BCUT2D eigenvalue weighted by Gasteiger charge is 2.23. The number of halogens is 1. The van der Waals surface area contributed by atoms with E-state index in [0.717, 1.165) is 4.31 Å². The van der Waals surface area contributed by atoms with Crippen molar-refractivity contribution in [1.29, 1.82) is 0 Å². The Labute approximate surface area is 138 Å². The van der Waals surface area contributed by atoms with Gasteiger partial charge in [-0.1, -0.05) is 0 Å². The van der Waals surface area contributed by atoms with Gasteiger partial charge in [-0.3, -0.25) is 4.79 Å². The van der Waals surface area contributed by atoms with Gasteiger partial charge in [-0.05, 0) is 34.1 Å². The fourth-order valence-electron chi connectivity index (χ4n) is 1.62. The molecule has 22 heavy (non-hydrogen) atoms. The Bertz CT molecular complexity index is 621. The van der Waals surface area contributed by atoms with Gasteiger partial charge in [0, 0.05) is 20.7 Å². The zero-order valence-electron chi connectivity index (χ0n) is 12.6. The minimum Gasteiger partial charge on any atom is -0.496 e. The highest BCUT2D eigenvalue weighted by Crippen LogP contribution is 2.28. The molecular weight excluding hydrogens is 376 g/mol. The van der Waals surface area contributed by atoms with Gasteiger partial charge in [-0.25, -0.2) is 8.42 Å². The van der Waals surface area contributed by atoms with Crippen LogP contribution in [0.15, 0.2) is 27.6 Å². The minimum absolute atomic E-state index is 0.0763. The van der Waals surface area contributed by atoms with E-state index in [0.29, 0.717) is 23.4 Å². The van der Waals surface area contributed by atoms with Gasteiger partial charge in [0.05, 0.1) is 29.6 Å². The number of methoxy groups -OCH3 is 2. The second kappa shape index (κ2) is 8.47. The molecule has 0 aliphatic heterocycles. The van der Waals surface area contributed by atoms with Crippen molar-refractivity contribution >= 4 is 31.9 Å². The van der Waals surface area contributed by atoms with Crippen molar-refractivity contribution in [2.45, 2.75) is 4.90 Å². The summed E-state index contributed by atoms with van der Waals surface area (Å²) in [5.74, 6) is 0.134. The summed E-state index contributed by atoms with van der Waals surface area (Å²) in [4.78, 5) is 11.7. The summed E-state index contributed by atoms with van der Waals surface area (Å²) in [7, 11) is 0.603. The summed E-state index contributed by atoms with van der Waals surface area (Å²) in [6.07, 6.45) is 0. The Morgan fingerprint density at radius 1 is 1.36 bits per heavy atom. The molecule has 1 N–H and O–H groups in total. The summed E-state index contributed by atoms with van der Waals surface area (Å²) in [6, 6.07) is 4.41. The summed E-state index contributed by atoms with van der Waals surface area (Å²) >= 11 is 3.24. The van der Waals surface area contributed by atoms with Gasteiger partial charge in [-0.2, -0.15) is 4.31 Å². The number of sulfonamides is 1. The summed E-state index contributed by atoms with van der Waals surface area (Å²) in [5.41, 5.74) is 0. The number of hydrogen-bond acceptors (Lipinski definition) is 5. The molecule has 0 aromatic heterocycles. The first-order chi connectivity index (χ1) is 10.3. The highest BCUT2D eigenvalue weighted by molar-refractivity contribution is 9.10. The number of likely N-dealkylation sites (N-methyl/N-ethyl adjacent to an activating group) is 1. The van der Waals surface area contributed by atoms with Gasteiger partial charge < -0.3 is 14.8 Å². The average molecular weight is 395 g/mol. The zero-order chi connectivity index (χ0) is 16.8. The lowest BCUT2D eigenvalue weighted by atomic mass is 10.3. The molecule has 0 saturated carbocycles. The van der Waals surface area contributed by atoms with Crippen LogP contribution in [0.5, 0.6) is 5.75 Å². The standard InChI is InChI=1S/C13H19BrN2O5S/c1-16(9-13(17)15-6-7-20-2)22(18,19)10-4-5-12(21-3)11(14)8-10/h4-5,8H,6-7,9H2,1-3H3,(H,15,17). The third kappa shape index (κ3) is 4.94. The molecule has 124 valence electrons. The monoisotopic (exact) mass is 394 g/mol. The molecule has 0 heterocycles. The van der Waals surface area contributed by atoms with E-state index in [-0.39, 0.29) is 11.4 Å². The van der Waals surface area contributed by atoms with Gasteiger partial charge in [-0.15, -0.1) is 0 Å². The summed E-state index contributed by atoms with van der Waals surface area (Å²) in [6.45, 7) is 0.431. The molecule has 9 heteroatoms. The maximum absolute atomic E-state index is 12.4. The first-order valence-electron chi connectivity index (χ1n) is 6.38. The fourth-order valence-corrected chi connectivity index (χ4v) is 3.47. The molecule has 0 atom stereocenters.